The Labute approximate surface area is 145 Å². The summed E-state index contributed by atoms with van der Waals surface area (Å²) in [5.74, 6) is 0.762. The van der Waals surface area contributed by atoms with E-state index in [2.05, 4.69) is 19.6 Å². The van der Waals surface area contributed by atoms with Gasteiger partial charge in [-0.3, -0.25) is 14.5 Å². The highest BCUT2D eigenvalue weighted by Crippen LogP contribution is 2.64. The van der Waals surface area contributed by atoms with Gasteiger partial charge < -0.3 is 0 Å². The van der Waals surface area contributed by atoms with E-state index in [1.54, 1.807) is 7.05 Å². The first-order valence-electron chi connectivity index (χ1n) is 9.62. The molecule has 1 aliphatic heterocycles. The van der Waals surface area contributed by atoms with Crippen molar-refractivity contribution in [3.05, 3.63) is 23.8 Å². The molecule has 0 aromatic heterocycles. The van der Waals surface area contributed by atoms with Crippen LogP contribution in [0.4, 0.5) is 0 Å². The van der Waals surface area contributed by atoms with Gasteiger partial charge in [0, 0.05) is 12.5 Å². The molecule has 0 spiro atoms. The van der Waals surface area contributed by atoms with E-state index < -0.39 is 0 Å². The largest absolute Gasteiger partial charge is 0.285 e. The molecular weight excluding hydrogens is 298 g/mol. The Morgan fingerprint density at radius 3 is 2.54 bits per heavy atom. The first kappa shape index (κ1) is 16.1. The zero-order chi connectivity index (χ0) is 17.1. The van der Waals surface area contributed by atoms with Gasteiger partial charge in [0.25, 0.3) is 0 Å². The molecule has 1 saturated heterocycles. The summed E-state index contributed by atoms with van der Waals surface area (Å²) < 4.78 is 0. The SMILES string of the molecule is C=C(C)C[C@@]12CCC1=C[C@H](C1CCCCC1)[C@@H]1C(=O)N(C)C(=O)[C@@H]12. The minimum Gasteiger partial charge on any atom is -0.285 e. The van der Waals surface area contributed by atoms with Crippen LogP contribution in [0.3, 0.4) is 0 Å². The molecule has 0 unspecified atom stereocenters. The van der Waals surface area contributed by atoms with Gasteiger partial charge in [0.05, 0.1) is 11.8 Å². The Balaban J connectivity index is 1.77. The number of hydrogen-bond acceptors (Lipinski definition) is 2. The highest BCUT2D eigenvalue weighted by molar-refractivity contribution is 6.06. The third-order valence-electron chi connectivity index (χ3n) is 7.27. The van der Waals surface area contributed by atoms with Gasteiger partial charge in [-0.2, -0.15) is 0 Å². The molecule has 2 saturated carbocycles. The van der Waals surface area contributed by atoms with Crippen LogP contribution in [0.15, 0.2) is 23.8 Å². The number of carbonyl (C=O) groups is 2. The molecule has 4 aliphatic rings. The van der Waals surface area contributed by atoms with E-state index in [-0.39, 0.29) is 35.0 Å². The molecule has 24 heavy (non-hydrogen) atoms. The molecule has 0 N–H and O–H groups in total. The lowest BCUT2D eigenvalue weighted by Gasteiger charge is -2.55. The standard InChI is InChI=1S/C21H29NO2/c1-13(2)12-21-10-9-15(21)11-16(14-7-5-4-6-8-14)17-18(21)20(24)22(3)19(17)23/h11,14,16-18H,1,4-10,12H2,2-3H3/t16-,17+,18-,21+/m1/s1. The number of hydrogen-bond donors (Lipinski definition) is 0. The molecule has 3 nitrogen and oxygen atoms in total. The Morgan fingerprint density at radius 2 is 1.96 bits per heavy atom. The van der Waals surface area contributed by atoms with Gasteiger partial charge in [0.2, 0.25) is 11.8 Å². The zero-order valence-corrected chi connectivity index (χ0v) is 15.0. The molecule has 3 fully saturated rings. The van der Waals surface area contributed by atoms with Crippen LogP contribution in [0.25, 0.3) is 0 Å². The molecule has 0 aromatic rings. The summed E-state index contributed by atoms with van der Waals surface area (Å²) in [5.41, 5.74) is 2.49. The Bertz CT molecular complexity index is 628. The molecule has 3 aliphatic carbocycles. The third kappa shape index (κ3) is 2.09. The van der Waals surface area contributed by atoms with Crippen LogP contribution in [-0.4, -0.2) is 23.8 Å². The van der Waals surface area contributed by atoms with Crippen LogP contribution >= 0.6 is 0 Å². The van der Waals surface area contributed by atoms with Gasteiger partial charge in [-0.05, 0) is 50.9 Å². The second-order valence-electron chi connectivity index (χ2n) is 8.70. The van der Waals surface area contributed by atoms with E-state index in [0.717, 1.165) is 24.8 Å². The third-order valence-corrected chi connectivity index (χ3v) is 7.27. The zero-order valence-electron chi connectivity index (χ0n) is 15.0. The van der Waals surface area contributed by atoms with Crippen molar-refractivity contribution < 1.29 is 9.59 Å². The topological polar surface area (TPSA) is 37.4 Å². The number of fused-ring (bicyclic) bond motifs is 3. The number of likely N-dealkylation sites (tertiary alicyclic amines) is 1. The molecule has 0 bridgehead atoms. The normalized spacial score (nSPS) is 39.2. The Kier molecular flexibility index (Phi) is 3.74. The number of rotatable bonds is 3. The maximum absolute atomic E-state index is 13.0. The van der Waals surface area contributed by atoms with Gasteiger partial charge in [-0.15, -0.1) is 6.58 Å². The lowest BCUT2D eigenvalue weighted by atomic mass is 9.47. The summed E-state index contributed by atoms with van der Waals surface area (Å²) in [5, 5.41) is 0. The van der Waals surface area contributed by atoms with Crippen molar-refractivity contribution in [3.8, 4) is 0 Å². The maximum atomic E-state index is 13.0. The second kappa shape index (κ2) is 5.57. The number of nitrogens with zero attached hydrogens (tertiary/aromatic N) is 1. The predicted molar refractivity (Wildman–Crippen MR) is 94.0 cm³/mol. The number of carbonyl (C=O) groups excluding carboxylic acids is 2. The molecule has 2 amide bonds. The fraction of sp³-hybridized carbons (Fsp3) is 0.714. The summed E-state index contributed by atoms with van der Waals surface area (Å²) in [7, 11) is 1.69. The van der Waals surface area contributed by atoms with Gasteiger partial charge >= 0.3 is 0 Å². The summed E-state index contributed by atoms with van der Waals surface area (Å²) >= 11 is 0. The highest BCUT2D eigenvalue weighted by Gasteiger charge is 2.64. The monoisotopic (exact) mass is 327 g/mol. The molecule has 130 valence electrons. The Hall–Kier alpha value is -1.38. The average Bonchev–Trinajstić information content (AvgIpc) is 2.77. The minimum atomic E-state index is -0.132. The lowest BCUT2D eigenvalue weighted by Crippen LogP contribution is -2.51. The van der Waals surface area contributed by atoms with Crippen molar-refractivity contribution >= 4 is 11.8 Å². The number of imide groups is 1. The van der Waals surface area contributed by atoms with Crippen LogP contribution in [0.2, 0.25) is 0 Å². The molecular formula is C21H29NO2. The molecule has 0 radical (unpaired) electrons. The Morgan fingerprint density at radius 1 is 1.25 bits per heavy atom. The summed E-state index contributed by atoms with van der Waals surface area (Å²) in [6.45, 7) is 6.17. The first-order valence-corrected chi connectivity index (χ1v) is 9.62. The summed E-state index contributed by atoms with van der Waals surface area (Å²) in [6.07, 6.45) is 11.8. The van der Waals surface area contributed by atoms with E-state index >= 15 is 0 Å². The van der Waals surface area contributed by atoms with Crippen LogP contribution in [-0.2, 0) is 9.59 Å². The van der Waals surface area contributed by atoms with E-state index in [1.807, 2.05) is 0 Å². The average molecular weight is 327 g/mol. The molecule has 0 aromatic carbocycles. The second-order valence-corrected chi connectivity index (χ2v) is 8.70. The fourth-order valence-corrected chi connectivity index (χ4v) is 6.13. The van der Waals surface area contributed by atoms with Crippen molar-refractivity contribution in [2.45, 2.75) is 58.3 Å². The van der Waals surface area contributed by atoms with E-state index in [9.17, 15) is 9.59 Å². The molecule has 1 heterocycles. The van der Waals surface area contributed by atoms with Gasteiger partial charge in [0.15, 0.2) is 0 Å². The highest BCUT2D eigenvalue weighted by atomic mass is 16.2. The van der Waals surface area contributed by atoms with Crippen LogP contribution in [0.1, 0.15) is 58.3 Å². The fourth-order valence-electron chi connectivity index (χ4n) is 6.13. The van der Waals surface area contributed by atoms with Crippen molar-refractivity contribution in [2.75, 3.05) is 7.05 Å². The summed E-state index contributed by atoms with van der Waals surface area (Å²) in [6, 6.07) is 0. The molecule has 4 atom stereocenters. The first-order chi connectivity index (χ1) is 11.5. The minimum absolute atomic E-state index is 0.0670. The smallest absolute Gasteiger partial charge is 0.233 e. The quantitative estimate of drug-likeness (QED) is 0.578. The van der Waals surface area contributed by atoms with Crippen molar-refractivity contribution in [1.29, 1.82) is 0 Å². The maximum Gasteiger partial charge on any atom is 0.233 e. The van der Waals surface area contributed by atoms with Gasteiger partial charge in [-0.1, -0.05) is 36.5 Å². The molecule has 4 rings (SSSR count). The van der Waals surface area contributed by atoms with Gasteiger partial charge in [-0.25, -0.2) is 0 Å². The predicted octanol–water partition coefficient (Wildman–Crippen LogP) is 4.10. The molecule has 3 heteroatoms. The van der Waals surface area contributed by atoms with E-state index in [1.165, 1.54) is 42.6 Å². The summed E-state index contributed by atoms with van der Waals surface area (Å²) in [4.78, 5) is 27.4. The van der Waals surface area contributed by atoms with Crippen molar-refractivity contribution in [2.24, 2.45) is 29.1 Å². The van der Waals surface area contributed by atoms with Crippen LogP contribution < -0.4 is 0 Å². The lowest BCUT2D eigenvalue weighted by molar-refractivity contribution is -0.139. The van der Waals surface area contributed by atoms with Crippen LogP contribution in [0.5, 0.6) is 0 Å². The van der Waals surface area contributed by atoms with Crippen molar-refractivity contribution in [1.82, 2.24) is 4.90 Å². The van der Waals surface area contributed by atoms with Gasteiger partial charge in [0.1, 0.15) is 0 Å². The number of amides is 2. The van der Waals surface area contributed by atoms with Crippen LogP contribution in [0, 0.1) is 29.1 Å². The van der Waals surface area contributed by atoms with Crippen molar-refractivity contribution in [3.63, 3.8) is 0 Å². The van der Waals surface area contributed by atoms with E-state index in [4.69, 9.17) is 0 Å². The van der Waals surface area contributed by atoms with E-state index in [0.29, 0.717) is 5.92 Å². The number of allylic oxidation sites excluding steroid dienone is 3.